The second-order valence-electron chi connectivity index (χ2n) is 3.32. The largest absolute Gasteiger partial charge is 0.508 e. The van der Waals surface area contributed by atoms with Crippen molar-refractivity contribution < 1.29 is 9.52 Å². The van der Waals surface area contributed by atoms with Crippen molar-refractivity contribution in [3.8, 4) is 5.75 Å². The van der Waals surface area contributed by atoms with Crippen molar-refractivity contribution in [1.29, 1.82) is 0 Å². The van der Waals surface area contributed by atoms with Crippen LogP contribution in [0.25, 0.3) is 11.0 Å². The maximum Gasteiger partial charge on any atom is 0.336 e. The molecule has 0 aliphatic carbocycles. The highest BCUT2D eigenvalue weighted by atomic mass is 35.5. The topological polar surface area (TPSA) is 50.4 Å². The van der Waals surface area contributed by atoms with Crippen LogP contribution in [-0.4, -0.2) is 5.11 Å². The van der Waals surface area contributed by atoms with Crippen LogP contribution in [0.5, 0.6) is 5.75 Å². The summed E-state index contributed by atoms with van der Waals surface area (Å²) in [7, 11) is 0. The van der Waals surface area contributed by atoms with E-state index in [1.807, 2.05) is 0 Å². The number of rotatable bonds is 1. The summed E-state index contributed by atoms with van der Waals surface area (Å²) >= 11 is 5.95. The molecule has 0 unspecified atom stereocenters. The quantitative estimate of drug-likeness (QED) is 0.599. The molecular formula is C11H9ClO3. The number of fused-ring (bicyclic) bond motifs is 1. The van der Waals surface area contributed by atoms with Crippen molar-refractivity contribution in [1.82, 2.24) is 0 Å². The molecule has 1 N–H and O–H groups in total. The maximum absolute atomic E-state index is 11.2. The Balaban J connectivity index is 2.86. The summed E-state index contributed by atoms with van der Waals surface area (Å²) in [6.07, 6.45) is 0. The number of halogens is 1. The number of benzene rings is 1. The van der Waals surface area contributed by atoms with Crippen LogP contribution in [-0.2, 0) is 0 Å². The predicted molar refractivity (Wildman–Crippen MR) is 58.4 cm³/mol. The van der Waals surface area contributed by atoms with Crippen molar-refractivity contribution in [3.05, 3.63) is 40.2 Å². The van der Waals surface area contributed by atoms with Gasteiger partial charge in [-0.05, 0) is 24.6 Å². The summed E-state index contributed by atoms with van der Waals surface area (Å²) in [5.74, 6) is 0.0602. The van der Waals surface area contributed by atoms with Crippen molar-refractivity contribution in [2.75, 3.05) is 0 Å². The third-order valence-electron chi connectivity index (χ3n) is 2.19. The van der Waals surface area contributed by atoms with E-state index in [9.17, 15) is 9.90 Å². The standard InChI is InChI=1S/C11H9ClO3/c1-6(12)9-5-11(14)15-10-4-7(13)2-3-8(9)10/h2-6,13H,1H3/t6-/m0/s1. The summed E-state index contributed by atoms with van der Waals surface area (Å²) in [6, 6.07) is 5.99. The maximum atomic E-state index is 11.2. The van der Waals surface area contributed by atoms with Gasteiger partial charge in [0.1, 0.15) is 11.3 Å². The van der Waals surface area contributed by atoms with Gasteiger partial charge in [0, 0.05) is 17.5 Å². The van der Waals surface area contributed by atoms with E-state index in [2.05, 4.69) is 0 Å². The lowest BCUT2D eigenvalue weighted by Crippen LogP contribution is -2.00. The molecule has 1 aromatic carbocycles. The highest BCUT2D eigenvalue weighted by molar-refractivity contribution is 6.21. The van der Waals surface area contributed by atoms with E-state index in [1.165, 1.54) is 18.2 Å². The van der Waals surface area contributed by atoms with Gasteiger partial charge < -0.3 is 9.52 Å². The molecule has 1 heterocycles. The normalized spacial score (nSPS) is 12.9. The molecule has 1 aromatic heterocycles. The second kappa shape index (κ2) is 3.59. The molecule has 0 saturated carbocycles. The molecule has 4 heteroatoms. The van der Waals surface area contributed by atoms with Gasteiger partial charge in [-0.25, -0.2) is 4.79 Å². The van der Waals surface area contributed by atoms with Crippen molar-refractivity contribution in [2.24, 2.45) is 0 Å². The molecule has 1 atom stereocenters. The van der Waals surface area contributed by atoms with Gasteiger partial charge >= 0.3 is 5.63 Å². The third kappa shape index (κ3) is 1.83. The van der Waals surface area contributed by atoms with Crippen molar-refractivity contribution in [2.45, 2.75) is 12.3 Å². The second-order valence-corrected chi connectivity index (χ2v) is 3.97. The Kier molecular flexibility index (Phi) is 2.40. The van der Waals surface area contributed by atoms with Crippen LogP contribution in [0.3, 0.4) is 0 Å². The minimum atomic E-state index is -0.462. The van der Waals surface area contributed by atoms with Gasteiger partial charge in [0.15, 0.2) is 0 Å². The molecule has 0 aliphatic heterocycles. The van der Waals surface area contributed by atoms with Gasteiger partial charge in [0.25, 0.3) is 0 Å². The van der Waals surface area contributed by atoms with Gasteiger partial charge in [0.05, 0.1) is 5.38 Å². The molecule has 0 bridgehead atoms. The lowest BCUT2D eigenvalue weighted by molar-refractivity contribution is 0.473. The van der Waals surface area contributed by atoms with Crippen LogP contribution >= 0.6 is 11.6 Å². The predicted octanol–water partition coefficient (Wildman–Crippen LogP) is 2.80. The Hall–Kier alpha value is -1.48. The van der Waals surface area contributed by atoms with Crippen LogP contribution in [0.1, 0.15) is 17.9 Å². The number of hydrogen-bond acceptors (Lipinski definition) is 3. The number of alkyl halides is 1. The molecule has 15 heavy (non-hydrogen) atoms. The molecule has 0 spiro atoms. The molecule has 3 nitrogen and oxygen atoms in total. The minimum Gasteiger partial charge on any atom is -0.508 e. The van der Waals surface area contributed by atoms with Crippen LogP contribution in [0.2, 0.25) is 0 Å². The zero-order chi connectivity index (χ0) is 11.0. The molecule has 2 aromatic rings. The zero-order valence-electron chi connectivity index (χ0n) is 8.03. The van der Waals surface area contributed by atoms with Crippen molar-refractivity contribution in [3.63, 3.8) is 0 Å². The SMILES string of the molecule is C[C@H](Cl)c1cc(=O)oc2cc(O)ccc12. The van der Waals surface area contributed by atoms with E-state index in [0.29, 0.717) is 11.1 Å². The monoisotopic (exact) mass is 224 g/mol. The number of hydrogen-bond donors (Lipinski definition) is 1. The first-order chi connectivity index (χ1) is 7.08. The Morgan fingerprint density at radius 3 is 2.80 bits per heavy atom. The summed E-state index contributed by atoms with van der Waals surface area (Å²) in [5, 5.41) is 9.72. The minimum absolute atomic E-state index is 0.0602. The molecule has 0 radical (unpaired) electrons. The molecule has 0 aliphatic rings. The van der Waals surface area contributed by atoms with Gasteiger partial charge in [-0.2, -0.15) is 0 Å². The average Bonchev–Trinajstić information content (AvgIpc) is 2.15. The Bertz CT molecular complexity index is 557. The molecule has 0 fully saturated rings. The summed E-state index contributed by atoms with van der Waals surface area (Å²) in [6.45, 7) is 1.78. The summed E-state index contributed by atoms with van der Waals surface area (Å²) in [5.41, 5.74) is 0.600. The smallest absolute Gasteiger partial charge is 0.336 e. The first-order valence-corrected chi connectivity index (χ1v) is 4.92. The number of aromatic hydroxyl groups is 1. The van der Waals surface area contributed by atoms with Crippen LogP contribution in [0, 0.1) is 0 Å². The summed E-state index contributed by atoms with van der Waals surface area (Å²) in [4.78, 5) is 11.2. The van der Waals surface area contributed by atoms with E-state index in [4.69, 9.17) is 16.0 Å². The number of phenolic OH excluding ortho intramolecular Hbond substituents is 1. The van der Waals surface area contributed by atoms with Gasteiger partial charge in [-0.15, -0.1) is 11.6 Å². The molecule has 2 rings (SSSR count). The fraction of sp³-hybridized carbons (Fsp3) is 0.182. The van der Waals surface area contributed by atoms with E-state index >= 15 is 0 Å². The van der Waals surface area contributed by atoms with E-state index < -0.39 is 5.63 Å². The van der Waals surface area contributed by atoms with Gasteiger partial charge in [0.2, 0.25) is 0 Å². The van der Waals surface area contributed by atoms with Crippen LogP contribution in [0.15, 0.2) is 33.5 Å². The number of phenols is 1. The molecule has 0 saturated heterocycles. The van der Waals surface area contributed by atoms with Crippen LogP contribution in [0.4, 0.5) is 0 Å². The first-order valence-electron chi connectivity index (χ1n) is 4.49. The third-order valence-corrected chi connectivity index (χ3v) is 2.42. The van der Waals surface area contributed by atoms with E-state index in [0.717, 1.165) is 5.39 Å². The lowest BCUT2D eigenvalue weighted by atomic mass is 10.1. The molecular weight excluding hydrogens is 216 g/mol. The van der Waals surface area contributed by atoms with Crippen LogP contribution < -0.4 is 5.63 Å². The average molecular weight is 225 g/mol. The zero-order valence-corrected chi connectivity index (χ0v) is 8.78. The molecule has 0 amide bonds. The lowest BCUT2D eigenvalue weighted by Gasteiger charge is -2.06. The highest BCUT2D eigenvalue weighted by Gasteiger charge is 2.10. The molecule has 78 valence electrons. The van der Waals surface area contributed by atoms with E-state index in [-0.39, 0.29) is 11.1 Å². The fourth-order valence-corrected chi connectivity index (χ4v) is 1.69. The van der Waals surface area contributed by atoms with Gasteiger partial charge in [-0.1, -0.05) is 0 Å². The Labute approximate surface area is 90.9 Å². The highest BCUT2D eigenvalue weighted by Crippen LogP contribution is 2.28. The van der Waals surface area contributed by atoms with E-state index in [1.54, 1.807) is 13.0 Å². The Morgan fingerprint density at radius 1 is 1.40 bits per heavy atom. The van der Waals surface area contributed by atoms with Gasteiger partial charge in [-0.3, -0.25) is 0 Å². The fourth-order valence-electron chi connectivity index (χ4n) is 1.51. The van der Waals surface area contributed by atoms with Crippen molar-refractivity contribution >= 4 is 22.6 Å². The Morgan fingerprint density at radius 2 is 2.13 bits per heavy atom. The summed E-state index contributed by atoms with van der Waals surface area (Å²) < 4.78 is 4.96. The first kappa shape index (κ1) is 10.1.